The van der Waals surface area contributed by atoms with Crippen molar-refractivity contribution in [3.63, 3.8) is 0 Å². The van der Waals surface area contributed by atoms with Gasteiger partial charge in [-0.3, -0.25) is 9.59 Å². The Morgan fingerprint density at radius 1 is 0.667 bits per heavy atom. The molecule has 4 aromatic carbocycles. The number of phenolic OH excluding ortho intramolecular Hbond substituents is 1. The molecule has 2 aliphatic rings. The standard InChI is InChI=1S/C25H29N3O3.C13H15N3O3.C12H15Cl/c1-17-12-18(13-20-6-4-5-7-22(17)20)15-31-21-10-8-19(9-11-21)23(14-24(29)30-3)25-27-26-16-28(25)2;1-16-8-14-15-13(16)11(7-12(18)19-2)9-3-5-10(17)6-4-9;1-9-6-10(8-13)7-11-4-2-3-5-12(9)11/h8-13,16,23H,4-7,14-15H2,1-3H3;3-6,8,11,17H,7H2,1-2H3;6-7H,2-5,8H2,1H3/t23-;11-;/m00./s1. The van der Waals surface area contributed by atoms with Crippen molar-refractivity contribution in [2.45, 2.75) is 102 Å². The molecule has 332 valence electrons. The van der Waals surface area contributed by atoms with Gasteiger partial charge < -0.3 is 28.5 Å². The van der Waals surface area contributed by atoms with Gasteiger partial charge in [-0.1, -0.05) is 48.5 Å². The number of nitrogens with zero attached hydrogens (tertiary/aromatic N) is 6. The number of phenols is 1. The lowest BCUT2D eigenvalue weighted by Crippen LogP contribution is -2.14. The fourth-order valence-electron chi connectivity index (χ4n) is 8.60. The Hall–Kier alpha value is -6.01. The predicted molar refractivity (Wildman–Crippen MR) is 243 cm³/mol. The van der Waals surface area contributed by atoms with Crippen molar-refractivity contribution in [2.75, 3.05) is 14.2 Å². The van der Waals surface area contributed by atoms with Crippen molar-refractivity contribution in [3.8, 4) is 11.5 Å². The molecule has 0 aliphatic heterocycles. The molecule has 0 saturated heterocycles. The minimum absolute atomic E-state index is 0.174. The molecule has 2 atom stereocenters. The van der Waals surface area contributed by atoms with E-state index in [0.29, 0.717) is 18.3 Å². The van der Waals surface area contributed by atoms with Crippen molar-refractivity contribution < 1.29 is 28.9 Å². The van der Waals surface area contributed by atoms with Gasteiger partial charge in [0.15, 0.2) is 0 Å². The van der Waals surface area contributed by atoms with E-state index in [4.69, 9.17) is 25.8 Å². The van der Waals surface area contributed by atoms with E-state index in [2.05, 4.69) is 58.5 Å². The monoisotopic (exact) mass is 874 g/mol. The number of aryl methyl sites for hydroxylation is 6. The van der Waals surface area contributed by atoms with Crippen LogP contribution in [0.3, 0.4) is 0 Å². The normalized spacial score (nSPS) is 13.8. The number of fused-ring (bicyclic) bond motifs is 2. The highest BCUT2D eigenvalue weighted by molar-refractivity contribution is 6.17. The molecule has 12 nitrogen and oxygen atoms in total. The molecule has 0 amide bonds. The van der Waals surface area contributed by atoms with Crippen LogP contribution in [0.1, 0.15) is 118 Å². The molecular formula is C50H59ClN6O6. The topological polar surface area (TPSA) is 143 Å². The Labute approximate surface area is 375 Å². The maximum Gasteiger partial charge on any atom is 0.306 e. The Bertz CT molecular complexity index is 2440. The number of methoxy groups -OCH3 is 2. The van der Waals surface area contributed by atoms with Crippen LogP contribution in [0.4, 0.5) is 0 Å². The van der Waals surface area contributed by atoms with Crippen LogP contribution in [0, 0.1) is 13.8 Å². The molecule has 2 aromatic heterocycles. The van der Waals surface area contributed by atoms with Gasteiger partial charge in [-0.2, -0.15) is 0 Å². The average molecular weight is 876 g/mol. The summed E-state index contributed by atoms with van der Waals surface area (Å²) in [6.45, 7) is 4.96. The van der Waals surface area contributed by atoms with Gasteiger partial charge in [-0.25, -0.2) is 0 Å². The number of esters is 2. The second-order valence-electron chi connectivity index (χ2n) is 16.4. The molecule has 1 N–H and O–H groups in total. The van der Waals surface area contributed by atoms with E-state index in [1.165, 1.54) is 99.0 Å². The van der Waals surface area contributed by atoms with Gasteiger partial charge in [0.2, 0.25) is 0 Å². The highest BCUT2D eigenvalue weighted by Gasteiger charge is 2.25. The van der Waals surface area contributed by atoms with Crippen LogP contribution in [0.25, 0.3) is 0 Å². The highest BCUT2D eigenvalue weighted by Crippen LogP contribution is 2.31. The van der Waals surface area contributed by atoms with E-state index in [-0.39, 0.29) is 42.4 Å². The minimum Gasteiger partial charge on any atom is -0.508 e. The molecule has 2 heterocycles. The van der Waals surface area contributed by atoms with Crippen LogP contribution in [-0.4, -0.2) is 60.8 Å². The van der Waals surface area contributed by atoms with Crippen LogP contribution >= 0.6 is 11.6 Å². The second kappa shape index (κ2) is 22.4. The number of carbonyl (C=O) groups excluding carboxylic acids is 2. The Morgan fingerprint density at radius 2 is 1.11 bits per heavy atom. The molecular weight excluding hydrogens is 816 g/mol. The first kappa shape index (κ1) is 46.5. The van der Waals surface area contributed by atoms with Gasteiger partial charge >= 0.3 is 11.9 Å². The van der Waals surface area contributed by atoms with Crippen molar-refractivity contribution in [3.05, 3.63) is 153 Å². The Balaban J connectivity index is 0.000000175. The Morgan fingerprint density at radius 3 is 1.56 bits per heavy atom. The molecule has 2 aliphatic carbocycles. The van der Waals surface area contributed by atoms with E-state index in [0.717, 1.165) is 22.7 Å². The molecule has 13 heteroatoms. The number of hydrogen-bond donors (Lipinski definition) is 1. The lowest BCUT2D eigenvalue weighted by Gasteiger charge is -2.20. The number of rotatable bonds is 12. The number of carbonyl (C=O) groups is 2. The minimum atomic E-state index is -0.318. The summed E-state index contributed by atoms with van der Waals surface area (Å²) in [4.78, 5) is 23.5. The fraction of sp³-hybridized carbons (Fsp3) is 0.400. The van der Waals surface area contributed by atoms with Gasteiger partial charge in [0, 0.05) is 20.0 Å². The molecule has 0 saturated carbocycles. The highest BCUT2D eigenvalue weighted by atomic mass is 35.5. The zero-order chi connectivity index (χ0) is 44.9. The first-order valence-corrected chi connectivity index (χ1v) is 22.1. The van der Waals surface area contributed by atoms with Crippen LogP contribution in [0.2, 0.25) is 0 Å². The zero-order valence-corrected chi connectivity index (χ0v) is 38.0. The van der Waals surface area contributed by atoms with Crippen LogP contribution in [0.5, 0.6) is 11.5 Å². The summed E-state index contributed by atoms with van der Waals surface area (Å²) in [7, 11) is 6.44. The number of alkyl halides is 1. The summed E-state index contributed by atoms with van der Waals surface area (Å²) >= 11 is 5.84. The number of aromatic hydroxyl groups is 1. The summed E-state index contributed by atoms with van der Waals surface area (Å²) in [6, 6.07) is 23.6. The van der Waals surface area contributed by atoms with E-state index >= 15 is 0 Å². The summed E-state index contributed by atoms with van der Waals surface area (Å²) < 4.78 is 19.3. The molecule has 0 bridgehead atoms. The zero-order valence-electron chi connectivity index (χ0n) is 37.3. The van der Waals surface area contributed by atoms with Gasteiger partial charge in [0.1, 0.15) is 42.4 Å². The summed E-state index contributed by atoms with van der Waals surface area (Å²) in [5, 5.41) is 25.4. The van der Waals surface area contributed by atoms with Crippen molar-refractivity contribution in [1.29, 1.82) is 0 Å². The van der Waals surface area contributed by atoms with Gasteiger partial charge in [0.05, 0.1) is 38.9 Å². The summed E-state index contributed by atoms with van der Waals surface area (Å²) in [6.07, 6.45) is 13.8. The maximum absolute atomic E-state index is 12.0. The fourth-order valence-corrected chi connectivity index (χ4v) is 8.75. The molecule has 6 aromatic rings. The van der Waals surface area contributed by atoms with Crippen molar-refractivity contribution >= 4 is 23.5 Å². The van der Waals surface area contributed by atoms with Crippen LogP contribution in [0.15, 0.2) is 85.5 Å². The third kappa shape index (κ3) is 12.3. The lowest BCUT2D eigenvalue weighted by atomic mass is 9.87. The van der Waals surface area contributed by atoms with Crippen LogP contribution in [-0.2, 0) is 71.3 Å². The maximum atomic E-state index is 12.0. The number of halogens is 1. The lowest BCUT2D eigenvalue weighted by molar-refractivity contribution is -0.141. The largest absolute Gasteiger partial charge is 0.508 e. The van der Waals surface area contributed by atoms with E-state index < -0.39 is 0 Å². The SMILES string of the molecule is COC(=O)C[C@@H](c1ccc(O)cc1)c1nncn1C.COC(=O)C[C@@H](c1ccc(OCc2cc(C)c3c(c2)CCCC3)cc1)c1nncn1C.Cc1cc(CCl)cc2c1CCCC2. The van der Waals surface area contributed by atoms with E-state index in [1.54, 1.807) is 52.6 Å². The first-order chi connectivity index (χ1) is 30.5. The second-order valence-corrected chi connectivity index (χ2v) is 16.6. The number of benzene rings is 4. The molecule has 0 radical (unpaired) electrons. The van der Waals surface area contributed by atoms with Gasteiger partial charge in [-0.15, -0.1) is 32.0 Å². The quantitative estimate of drug-likeness (QED) is 0.0935. The molecule has 0 unspecified atom stereocenters. The summed E-state index contributed by atoms with van der Waals surface area (Å²) in [5.74, 6) is 1.95. The third-order valence-corrected chi connectivity index (χ3v) is 12.3. The third-order valence-electron chi connectivity index (χ3n) is 11.9. The van der Waals surface area contributed by atoms with E-state index in [1.807, 2.05) is 42.9 Å². The van der Waals surface area contributed by atoms with Crippen molar-refractivity contribution in [2.24, 2.45) is 14.1 Å². The molecule has 0 spiro atoms. The van der Waals surface area contributed by atoms with Gasteiger partial charge in [-0.05, 0) is 145 Å². The number of ether oxygens (including phenoxy) is 3. The predicted octanol–water partition coefficient (Wildman–Crippen LogP) is 9.10. The smallest absolute Gasteiger partial charge is 0.306 e. The first-order valence-electron chi connectivity index (χ1n) is 21.6. The molecule has 63 heavy (non-hydrogen) atoms. The van der Waals surface area contributed by atoms with Crippen molar-refractivity contribution in [1.82, 2.24) is 29.5 Å². The van der Waals surface area contributed by atoms with E-state index in [9.17, 15) is 14.7 Å². The molecule has 0 fully saturated rings. The number of hydrogen-bond acceptors (Lipinski definition) is 10. The van der Waals surface area contributed by atoms with Crippen LogP contribution < -0.4 is 4.74 Å². The summed E-state index contributed by atoms with van der Waals surface area (Å²) in [5.41, 5.74) is 13.3. The average Bonchev–Trinajstić information content (AvgIpc) is 3.94. The number of aromatic nitrogens is 6. The Kier molecular flexibility index (Phi) is 16.5. The van der Waals surface area contributed by atoms with Gasteiger partial charge in [0.25, 0.3) is 0 Å². The molecule has 8 rings (SSSR count).